The summed E-state index contributed by atoms with van der Waals surface area (Å²) >= 11 is 0. The maximum Gasteiger partial charge on any atom is 0.280 e. The van der Waals surface area contributed by atoms with Crippen molar-refractivity contribution in [3.63, 3.8) is 0 Å². The van der Waals surface area contributed by atoms with E-state index in [9.17, 15) is 4.79 Å². The SMILES string of the molecule is Cc1nc(=O)c2ccccc2n1-c1ccc(N)cc1. The normalized spacial score (nSPS) is 10.8. The van der Waals surface area contributed by atoms with Gasteiger partial charge >= 0.3 is 0 Å². The molecule has 4 heteroatoms. The first kappa shape index (κ1) is 11.5. The molecule has 3 rings (SSSR count). The van der Waals surface area contributed by atoms with Crippen LogP contribution in [0.5, 0.6) is 0 Å². The van der Waals surface area contributed by atoms with Crippen molar-refractivity contribution in [3.8, 4) is 5.69 Å². The Morgan fingerprint density at radius 2 is 1.74 bits per heavy atom. The Balaban J connectivity index is 2.40. The third-order valence-corrected chi connectivity index (χ3v) is 3.11. The first-order valence-electron chi connectivity index (χ1n) is 6.01. The third kappa shape index (κ3) is 1.87. The molecule has 3 aromatic rings. The smallest absolute Gasteiger partial charge is 0.280 e. The lowest BCUT2D eigenvalue weighted by Gasteiger charge is -2.13. The van der Waals surface area contributed by atoms with Crippen LogP contribution in [0.1, 0.15) is 5.82 Å². The van der Waals surface area contributed by atoms with Crippen LogP contribution in [0.25, 0.3) is 16.6 Å². The van der Waals surface area contributed by atoms with E-state index in [1.54, 1.807) is 6.07 Å². The summed E-state index contributed by atoms with van der Waals surface area (Å²) in [6.07, 6.45) is 0. The number of anilines is 1. The van der Waals surface area contributed by atoms with Gasteiger partial charge in [-0.1, -0.05) is 12.1 Å². The first-order valence-corrected chi connectivity index (χ1v) is 6.01. The predicted molar refractivity (Wildman–Crippen MR) is 76.5 cm³/mol. The summed E-state index contributed by atoms with van der Waals surface area (Å²) in [7, 11) is 0. The Kier molecular flexibility index (Phi) is 2.56. The monoisotopic (exact) mass is 251 g/mol. The maximum absolute atomic E-state index is 11.9. The van der Waals surface area contributed by atoms with Crippen LogP contribution >= 0.6 is 0 Å². The van der Waals surface area contributed by atoms with Gasteiger partial charge in [0.1, 0.15) is 5.82 Å². The summed E-state index contributed by atoms with van der Waals surface area (Å²) in [6, 6.07) is 15.0. The largest absolute Gasteiger partial charge is 0.399 e. The van der Waals surface area contributed by atoms with Gasteiger partial charge in [0.15, 0.2) is 0 Å². The fourth-order valence-electron chi connectivity index (χ4n) is 2.23. The second-order valence-corrected chi connectivity index (χ2v) is 4.41. The third-order valence-electron chi connectivity index (χ3n) is 3.11. The van der Waals surface area contributed by atoms with Crippen LogP contribution in [-0.2, 0) is 0 Å². The average molecular weight is 251 g/mol. The minimum absolute atomic E-state index is 0.195. The number of rotatable bonds is 1. The highest BCUT2D eigenvalue weighted by atomic mass is 16.1. The molecule has 0 bridgehead atoms. The van der Waals surface area contributed by atoms with Crippen LogP contribution in [-0.4, -0.2) is 9.55 Å². The first-order chi connectivity index (χ1) is 9.16. The number of benzene rings is 2. The fraction of sp³-hybridized carbons (Fsp3) is 0.0667. The number of nitrogens with zero attached hydrogens (tertiary/aromatic N) is 2. The molecule has 0 aliphatic rings. The number of aromatic nitrogens is 2. The highest BCUT2D eigenvalue weighted by Gasteiger charge is 2.08. The Morgan fingerprint density at radius 1 is 1.05 bits per heavy atom. The standard InChI is InChI=1S/C15H13N3O/c1-10-17-15(19)13-4-2-3-5-14(13)18(10)12-8-6-11(16)7-9-12/h2-9H,16H2,1H3. The Labute approximate surface area is 110 Å². The zero-order valence-electron chi connectivity index (χ0n) is 10.5. The molecule has 0 spiro atoms. The van der Waals surface area contributed by atoms with Crippen molar-refractivity contribution in [2.24, 2.45) is 0 Å². The molecule has 0 fully saturated rings. The number of fused-ring (bicyclic) bond motifs is 1. The van der Waals surface area contributed by atoms with Gasteiger partial charge in [0.05, 0.1) is 10.9 Å². The molecule has 0 radical (unpaired) electrons. The van der Waals surface area contributed by atoms with Crippen molar-refractivity contribution in [3.05, 3.63) is 64.7 Å². The predicted octanol–water partition coefficient (Wildman–Crippen LogP) is 2.28. The average Bonchev–Trinajstić information content (AvgIpc) is 2.41. The van der Waals surface area contributed by atoms with Crippen LogP contribution in [0.2, 0.25) is 0 Å². The van der Waals surface area contributed by atoms with E-state index in [-0.39, 0.29) is 5.56 Å². The molecule has 0 aliphatic heterocycles. The molecule has 94 valence electrons. The topological polar surface area (TPSA) is 60.9 Å². The lowest BCUT2D eigenvalue weighted by atomic mass is 10.2. The molecule has 1 aromatic heterocycles. The number of nitrogens with two attached hydrogens (primary N) is 1. The molecule has 0 saturated carbocycles. The number of aryl methyl sites for hydroxylation is 1. The van der Waals surface area contributed by atoms with E-state index in [4.69, 9.17) is 5.73 Å². The molecule has 2 N–H and O–H groups in total. The van der Waals surface area contributed by atoms with Crippen molar-refractivity contribution in [2.75, 3.05) is 5.73 Å². The number of hydrogen-bond acceptors (Lipinski definition) is 3. The van der Waals surface area contributed by atoms with Gasteiger partial charge in [0, 0.05) is 11.4 Å². The highest BCUT2D eigenvalue weighted by molar-refractivity contribution is 5.80. The van der Waals surface area contributed by atoms with E-state index in [1.165, 1.54) is 0 Å². The van der Waals surface area contributed by atoms with Crippen molar-refractivity contribution < 1.29 is 0 Å². The summed E-state index contributed by atoms with van der Waals surface area (Å²) in [5.41, 5.74) is 8.01. The highest BCUT2D eigenvalue weighted by Crippen LogP contribution is 2.18. The fourth-order valence-corrected chi connectivity index (χ4v) is 2.23. The lowest BCUT2D eigenvalue weighted by molar-refractivity contribution is 0.933. The molecular formula is C15H13N3O. The number of para-hydroxylation sites is 1. The summed E-state index contributed by atoms with van der Waals surface area (Å²) in [4.78, 5) is 16.0. The Morgan fingerprint density at radius 3 is 2.47 bits per heavy atom. The van der Waals surface area contributed by atoms with Gasteiger partial charge in [-0.15, -0.1) is 0 Å². The van der Waals surface area contributed by atoms with Gasteiger partial charge in [-0.05, 0) is 43.3 Å². The van der Waals surface area contributed by atoms with Gasteiger partial charge in [-0.25, -0.2) is 0 Å². The van der Waals surface area contributed by atoms with E-state index in [2.05, 4.69) is 4.98 Å². The summed E-state index contributed by atoms with van der Waals surface area (Å²) < 4.78 is 1.95. The zero-order valence-corrected chi connectivity index (χ0v) is 10.5. The van der Waals surface area contributed by atoms with Crippen LogP contribution in [0.3, 0.4) is 0 Å². The van der Waals surface area contributed by atoms with E-state index >= 15 is 0 Å². The van der Waals surface area contributed by atoms with Crippen LogP contribution < -0.4 is 11.3 Å². The van der Waals surface area contributed by atoms with Crippen LogP contribution in [0, 0.1) is 6.92 Å². The summed E-state index contributed by atoms with van der Waals surface area (Å²) in [6.45, 7) is 1.82. The van der Waals surface area contributed by atoms with E-state index in [1.807, 2.05) is 54.0 Å². The van der Waals surface area contributed by atoms with Gasteiger partial charge < -0.3 is 5.73 Å². The molecule has 0 saturated heterocycles. The molecule has 4 nitrogen and oxygen atoms in total. The molecule has 0 unspecified atom stereocenters. The second kappa shape index (κ2) is 4.24. The van der Waals surface area contributed by atoms with Gasteiger partial charge in [-0.3, -0.25) is 9.36 Å². The summed E-state index contributed by atoms with van der Waals surface area (Å²) in [5.74, 6) is 0.661. The van der Waals surface area contributed by atoms with E-state index in [0.717, 1.165) is 11.2 Å². The van der Waals surface area contributed by atoms with Gasteiger partial charge in [0.25, 0.3) is 5.56 Å². The van der Waals surface area contributed by atoms with Crippen molar-refractivity contribution in [2.45, 2.75) is 6.92 Å². The molecule has 0 atom stereocenters. The van der Waals surface area contributed by atoms with E-state index in [0.29, 0.717) is 16.9 Å². The lowest BCUT2D eigenvalue weighted by Crippen LogP contribution is -2.15. The molecule has 0 aliphatic carbocycles. The Hall–Kier alpha value is -2.62. The quantitative estimate of drug-likeness (QED) is 0.675. The minimum Gasteiger partial charge on any atom is -0.399 e. The molecule has 19 heavy (non-hydrogen) atoms. The number of hydrogen-bond donors (Lipinski definition) is 1. The minimum atomic E-state index is -0.195. The summed E-state index contributed by atoms with van der Waals surface area (Å²) in [5, 5.41) is 0.616. The molecule has 0 amide bonds. The van der Waals surface area contributed by atoms with Gasteiger partial charge in [-0.2, -0.15) is 4.98 Å². The van der Waals surface area contributed by atoms with Crippen molar-refractivity contribution in [1.82, 2.24) is 9.55 Å². The van der Waals surface area contributed by atoms with Crippen molar-refractivity contribution >= 4 is 16.6 Å². The molecular weight excluding hydrogens is 238 g/mol. The van der Waals surface area contributed by atoms with E-state index < -0.39 is 0 Å². The Bertz CT molecular complexity index is 804. The van der Waals surface area contributed by atoms with Crippen molar-refractivity contribution in [1.29, 1.82) is 0 Å². The zero-order chi connectivity index (χ0) is 13.4. The number of nitrogen functional groups attached to an aromatic ring is 1. The maximum atomic E-state index is 11.9. The molecule has 2 aromatic carbocycles. The van der Waals surface area contributed by atoms with Crippen LogP contribution in [0.15, 0.2) is 53.3 Å². The van der Waals surface area contributed by atoms with Crippen LogP contribution in [0.4, 0.5) is 5.69 Å². The van der Waals surface area contributed by atoms with Gasteiger partial charge in [0.2, 0.25) is 0 Å². The molecule has 1 heterocycles. The second-order valence-electron chi connectivity index (χ2n) is 4.41.